The quantitative estimate of drug-likeness (QED) is 0.912. The molecular weight excluding hydrogens is 294 g/mol. The highest BCUT2D eigenvalue weighted by atomic mass is 79.9. The standard InChI is InChI=1S/C13H18BrN3O/c1-13(2,18)8-17(3)7-12-15-10-5-4-9(14)6-11(10)16-12/h4-6,18H,7-8H2,1-3H3,(H,15,16). The molecule has 0 unspecified atom stereocenters. The van der Waals surface area contributed by atoms with Crippen molar-refractivity contribution in [3.8, 4) is 0 Å². The van der Waals surface area contributed by atoms with Crippen molar-refractivity contribution >= 4 is 27.0 Å². The average molecular weight is 312 g/mol. The highest BCUT2D eigenvalue weighted by molar-refractivity contribution is 9.10. The molecule has 0 fully saturated rings. The van der Waals surface area contributed by atoms with Crippen molar-refractivity contribution in [1.82, 2.24) is 14.9 Å². The summed E-state index contributed by atoms with van der Waals surface area (Å²) in [5.74, 6) is 0.912. The number of benzene rings is 1. The summed E-state index contributed by atoms with van der Waals surface area (Å²) in [6.45, 7) is 4.91. The predicted octanol–water partition coefficient (Wildman–Crippen LogP) is 2.53. The van der Waals surface area contributed by atoms with Crippen LogP contribution in [0.1, 0.15) is 19.7 Å². The maximum atomic E-state index is 9.76. The number of imidazole rings is 1. The summed E-state index contributed by atoms with van der Waals surface area (Å²) in [5, 5.41) is 9.76. The van der Waals surface area contributed by atoms with Gasteiger partial charge in [-0.25, -0.2) is 4.98 Å². The van der Waals surface area contributed by atoms with Crippen molar-refractivity contribution in [2.75, 3.05) is 13.6 Å². The van der Waals surface area contributed by atoms with Crippen LogP contribution >= 0.6 is 15.9 Å². The van der Waals surface area contributed by atoms with Crippen molar-refractivity contribution < 1.29 is 5.11 Å². The summed E-state index contributed by atoms with van der Waals surface area (Å²) in [6.07, 6.45) is 0. The minimum Gasteiger partial charge on any atom is -0.389 e. The first-order chi connectivity index (χ1) is 8.33. The summed E-state index contributed by atoms with van der Waals surface area (Å²) < 4.78 is 1.04. The fourth-order valence-electron chi connectivity index (χ4n) is 2.08. The molecule has 1 heterocycles. The third-order valence-electron chi connectivity index (χ3n) is 2.57. The average Bonchev–Trinajstić information content (AvgIpc) is 2.55. The first-order valence-electron chi connectivity index (χ1n) is 5.88. The summed E-state index contributed by atoms with van der Waals surface area (Å²) in [6, 6.07) is 5.98. The van der Waals surface area contributed by atoms with Crippen LogP contribution in [0.4, 0.5) is 0 Å². The van der Waals surface area contributed by atoms with Crippen LogP contribution in [0.2, 0.25) is 0 Å². The van der Waals surface area contributed by atoms with E-state index in [4.69, 9.17) is 0 Å². The van der Waals surface area contributed by atoms with Gasteiger partial charge in [-0.2, -0.15) is 0 Å². The molecule has 0 saturated heterocycles. The SMILES string of the molecule is CN(Cc1nc2ccc(Br)cc2[nH]1)CC(C)(C)O. The molecule has 0 aliphatic heterocycles. The van der Waals surface area contributed by atoms with Gasteiger partial charge in [0.1, 0.15) is 5.82 Å². The number of H-pyrrole nitrogens is 1. The number of nitrogens with one attached hydrogen (secondary N) is 1. The van der Waals surface area contributed by atoms with Crippen LogP contribution in [0.5, 0.6) is 0 Å². The second-order valence-electron chi connectivity index (χ2n) is 5.33. The Morgan fingerprint density at radius 2 is 2.17 bits per heavy atom. The molecule has 1 aromatic carbocycles. The molecule has 4 nitrogen and oxygen atoms in total. The zero-order valence-electron chi connectivity index (χ0n) is 10.9. The van der Waals surface area contributed by atoms with Crippen LogP contribution in [0.25, 0.3) is 11.0 Å². The maximum absolute atomic E-state index is 9.76. The number of hydrogen-bond donors (Lipinski definition) is 2. The molecular formula is C13H18BrN3O. The molecule has 0 atom stereocenters. The highest BCUT2D eigenvalue weighted by Crippen LogP contribution is 2.18. The molecule has 0 radical (unpaired) electrons. The molecule has 0 spiro atoms. The van der Waals surface area contributed by atoms with E-state index < -0.39 is 5.60 Å². The molecule has 0 amide bonds. The Morgan fingerprint density at radius 1 is 1.44 bits per heavy atom. The number of fused-ring (bicyclic) bond motifs is 1. The van der Waals surface area contributed by atoms with Crippen molar-refractivity contribution in [3.63, 3.8) is 0 Å². The summed E-state index contributed by atoms with van der Waals surface area (Å²) in [5.41, 5.74) is 1.30. The van der Waals surface area contributed by atoms with Gasteiger partial charge in [0.05, 0.1) is 23.2 Å². The van der Waals surface area contributed by atoms with Crippen LogP contribution < -0.4 is 0 Å². The number of aliphatic hydroxyl groups is 1. The van der Waals surface area contributed by atoms with E-state index in [0.29, 0.717) is 13.1 Å². The van der Waals surface area contributed by atoms with Crippen molar-refractivity contribution in [3.05, 3.63) is 28.5 Å². The Bertz CT molecular complexity index is 545. The van der Waals surface area contributed by atoms with E-state index in [1.54, 1.807) is 13.8 Å². The number of halogens is 1. The van der Waals surface area contributed by atoms with Crippen molar-refractivity contribution in [2.24, 2.45) is 0 Å². The fraction of sp³-hybridized carbons (Fsp3) is 0.462. The first-order valence-corrected chi connectivity index (χ1v) is 6.68. The van der Waals surface area contributed by atoms with Crippen LogP contribution in [0.3, 0.4) is 0 Å². The van der Waals surface area contributed by atoms with Crippen LogP contribution in [-0.2, 0) is 6.54 Å². The van der Waals surface area contributed by atoms with Gasteiger partial charge in [-0.15, -0.1) is 0 Å². The zero-order chi connectivity index (χ0) is 13.3. The lowest BCUT2D eigenvalue weighted by Gasteiger charge is -2.24. The molecule has 18 heavy (non-hydrogen) atoms. The lowest BCUT2D eigenvalue weighted by molar-refractivity contribution is 0.0419. The monoisotopic (exact) mass is 311 g/mol. The van der Waals surface area contributed by atoms with Crippen LogP contribution in [0, 0.1) is 0 Å². The van der Waals surface area contributed by atoms with Crippen LogP contribution in [-0.4, -0.2) is 39.2 Å². The highest BCUT2D eigenvalue weighted by Gasteiger charge is 2.16. The van der Waals surface area contributed by atoms with Gasteiger partial charge >= 0.3 is 0 Å². The van der Waals surface area contributed by atoms with Crippen molar-refractivity contribution in [2.45, 2.75) is 26.0 Å². The van der Waals surface area contributed by atoms with Gasteiger partial charge < -0.3 is 10.1 Å². The molecule has 1 aromatic heterocycles. The van der Waals surface area contributed by atoms with Gasteiger partial charge in [0, 0.05) is 11.0 Å². The third-order valence-corrected chi connectivity index (χ3v) is 3.06. The topological polar surface area (TPSA) is 52.2 Å². The second kappa shape index (κ2) is 4.99. The lowest BCUT2D eigenvalue weighted by Crippen LogP contribution is -2.36. The Morgan fingerprint density at radius 3 is 2.83 bits per heavy atom. The molecule has 2 N–H and O–H groups in total. The molecule has 0 bridgehead atoms. The number of aromatic amines is 1. The molecule has 5 heteroatoms. The second-order valence-corrected chi connectivity index (χ2v) is 6.25. The van der Waals surface area contributed by atoms with Gasteiger partial charge in [-0.1, -0.05) is 15.9 Å². The van der Waals surface area contributed by atoms with Crippen molar-refractivity contribution in [1.29, 1.82) is 0 Å². The number of nitrogens with zero attached hydrogens (tertiary/aromatic N) is 2. The maximum Gasteiger partial charge on any atom is 0.121 e. The predicted molar refractivity (Wildman–Crippen MR) is 76.4 cm³/mol. The van der Waals surface area contributed by atoms with Gasteiger partial charge in [0.15, 0.2) is 0 Å². The summed E-state index contributed by atoms with van der Waals surface area (Å²) in [4.78, 5) is 9.86. The van der Waals surface area contributed by atoms with Gasteiger partial charge in [-0.05, 0) is 39.1 Å². The molecule has 0 saturated carbocycles. The van der Waals surface area contributed by atoms with Gasteiger partial charge in [-0.3, -0.25) is 4.90 Å². The summed E-state index contributed by atoms with van der Waals surface area (Å²) >= 11 is 3.44. The fourth-order valence-corrected chi connectivity index (χ4v) is 2.44. The molecule has 0 aliphatic carbocycles. The van der Waals surface area contributed by atoms with E-state index in [1.807, 2.05) is 30.1 Å². The molecule has 2 rings (SSSR count). The third kappa shape index (κ3) is 3.54. The van der Waals surface area contributed by atoms with E-state index in [-0.39, 0.29) is 0 Å². The molecule has 2 aromatic rings. The minimum absolute atomic E-state index is 0.605. The van der Waals surface area contributed by atoms with E-state index in [2.05, 4.69) is 25.9 Å². The summed E-state index contributed by atoms with van der Waals surface area (Å²) in [7, 11) is 1.97. The number of rotatable bonds is 4. The largest absolute Gasteiger partial charge is 0.389 e. The van der Waals surface area contributed by atoms with E-state index >= 15 is 0 Å². The Balaban J connectivity index is 2.12. The smallest absolute Gasteiger partial charge is 0.121 e. The molecule has 0 aliphatic rings. The Labute approximate surface area is 115 Å². The number of hydrogen-bond acceptors (Lipinski definition) is 3. The first kappa shape index (κ1) is 13.5. The number of aromatic nitrogens is 2. The lowest BCUT2D eigenvalue weighted by atomic mass is 10.1. The minimum atomic E-state index is -0.691. The molecule has 98 valence electrons. The van der Waals surface area contributed by atoms with Gasteiger partial charge in [0.25, 0.3) is 0 Å². The Kier molecular flexibility index (Phi) is 3.75. The zero-order valence-corrected chi connectivity index (χ0v) is 12.5. The number of likely N-dealkylation sites (N-methyl/N-ethyl adjacent to an activating group) is 1. The van der Waals surface area contributed by atoms with E-state index in [9.17, 15) is 5.11 Å². The van der Waals surface area contributed by atoms with Crippen LogP contribution in [0.15, 0.2) is 22.7 Å². The normalized spacial score (nSPS) is 12.6. The van der Waals surface area contributed by atoms with Gasteiger partial charge in [0.2, 0.25) is 0 Å². The van der Waals surface area contributed by atoms with E-state index in [0.717, 1.165) is 21.3 Å². The Hall–Kier alpha value is -0.910. The van der Waals surface area contributed by atoms with E-state index in [1.165, 1.54) is 0 Å².